The van der Waals surface area contributed by atoms with Crippen molar-refractivity contribution in [1.82, 2.24) is 0 Å². The molecule has 0 fully saturated rings. The van der Waals surface area contributed by atoms with E-state index in [0.29, 0.717) is 23.8 Å². The summed E-state index contributed by atoms with van der Waals surface area (Å²) >= 11 is 6.09. The van der Waals surface area contributed by atoms with Crippen molar-refractivity contribution in [3.63, 3.8) is 0 Å². The summed E-state index contributed by atoms with van der Waals surface area (Å²) in [5.74, 6) is 0.889. The van der Waals surface area contributed by atoms with Gasteiger partial charge in [-0.2, -0.15) is 0 Å². The van der Waals surface area contributed by atoms with Crippen LogP contribution in [0.3, 0.4) is 0 Å². The van der Waals surface area contributed by atoms with Crippen LogP contribution in [0, 0.1) is 0 Å². The van der Waals surface area contributed by atoms with Gasteiger partial charge in [-0.15, -0.1) is 6.58 Å². The number of nitrogens with zero attached hydrogens (tertiary/aromatic N) is 1. The summed E-state index contributed by atoms with van der Waals surface area (Å²) in [5.41, 5.74) is 0.441. The van der Waals surface area contributed by atoms with Gasteiger partial charge in [-0.1, -0.05) is 29.8 Å². The average molecular weight is 382 g/mol. The third-order valence-corrected chi connectivity index (χ3v) is 5.51. The highest BCUT2D eigenvalue weighted by molar-refractivity contribution is 7.92. The minimum atomic E-state index is -3.86. The molecule has 0 amide bonds. The predicted octanol–water partition coefficient (Wildman–Crippen LogP) is 4.13. The average Bonchev–Trinajstić information content (AvgIpc) is 2.60. The van der Waals surface area contributed by atoms with Crippen LogP contribution in [0.2, 0.25) is 5.02 Å². The summed E-state index contributed by atoms with van der Waals surface area (Å²) in [6.07, 6.45) is 1.52. The number of sulfonamides is 1. The highest BCUT2D eigenvalue weighted by Crippen LogP contribution is 2.34. The molecule has 0 aromatic heterocycles. The first kappa shape index (κ1) is 19.1. The Morgan fingerprint density at radius 3 is 2.52 bits per heavy atom. The van der Waals surface area contributed by atoms with Gasteiger partial charge in [0.2, 0.25) is 0 Å². The Balaban J connectivity index is 2.56. The molecule has 2 rings (SSSR count). The third kappa shape index (κ3) is 4.08. The van der Waals surface area contributed by atoms with Crippen LogP contribution in [0.1, 0.15) is 6.92 Å². The number of hydrogen-bond donors (Lipinski definition) is 0. The summed E-state index contributed by atoms with van der Waals surface area (Å²) in [5, 5.41) is 0.222. The van der Waals surface area contributed by atoms with Crippen molar-refractivity contribution in [2.45, 2.75) is 11.8 Å². The van der Waals surface area contributed by atoms with Crippen molar-refractivity contribution >= 4 is 27.3 Å². The molecule has 0 unspecified atom stereocenters. The molecule has 0 radical (unpaired) electrons. The zero-order valence-electron chi connectivity index (χ0n) is 14.1. The van der Waals surface area contributed by atoms with Gasteiger partial charge in [-0.3, -0.25) is 4.31 Å². The molecular weight excluding hydrogens is 362 g/mol. The van der Waals surface area contributed by atoms with Crippen LogP contribution in [-0.4, -0.2) is 28.7 Å². The van der Waals surface area contributed by atoms with Crippen LogP contribution >= 0.6 is 11.6 Å². The molecule has 25 heavy (non-hydrogen) atoms. The fourth-order valence-corrected chi connectivity index (χ4v) is 4.11. The van der Waals surface area contributed by atoms with Crippen LogP contribution in [0.5, 0.6) is 11.5 Å². The SMILES string of the molecule is C=CCN(c1ccccc1OCC)S(=O)(=O)c1ccc(OC)c(Cl)c1. The van der Waals surface area contributed by atoms with Gasteiger partial charge in [-0.25, -0.2) is 8.42 Å². The minimum Gasteiger partial charge on any atom is -0.495 e. The van der Waals surface area contributed by atoms with Crippen LogP contribution in [-0.2, 0) is 10.0 Å². The molecule has 0 aliphatic rings. The van der Waals surface area contributed by atoms with Gasteiger partial charge in [0.1, 0.15) is 11.5 Å². The number of rotatable bonds is 8. The molecule has 7 heteroatoms. The number of hydrogen-bond acceptors (Lipinski definition) is 4. The molecule has 5 nitrogen and oxygen atoms in total. The lowest BCUT2D eigenvalue weighted by Crippen LogP contribution is -2.31. The monoisotopic (exact) mass is 381 g/mol. The number of ether oxygens (including phenoxy) is 2. The Bertz CT molecular complexity index is 852. The first-order valence-electron chi connectivity index (χ1n) is 7.64. The zero-order chi connectivity index (χ0) is 18.4. The van der Waals surface area contributed by atoms with E-state index in [1.54, 1.807) is 24.3 Å². The standard InChI is InChI=1S/C18H20ClNO4S/c1-4-12-20(16-8-6-7-9-18(16)24-5-2)25(21,22)14-10-11-17(23-3)15(19)13-14/h4,6-11,13H,1,5,12H2,2-3H3. The minimum absolute atomic E-state index is 0.0615. The van der Waals surface area contributed by atoms with E-state index in [1.165, 1.54) is 35.7 Å². The van der Waals surface area contributed by atoms with Gasteiger partial charge in [-0.05, 0) is 37.3 Å². The maximum absolute atomic E-state index is 13.2. The van der Waals surface area contributed by atoms with E-state index in [0.717, 1.165) is 0 Å². The van der Waals surface area contributed by atoms with Crippen molar-refractivity contribution < 1.29 is 17.9 Å². The van der Waals surface area contributed by atoms with Gasteiger partial charge in [0.25, 0.3) is 10.0 Å². The molecule has 0 aliphatic heterocycles. The molecule has 0 saturated carbocycles. The molecular formula is C18H20ClNO4S. The van der Waals surface area contributed by atoms with Gasteiger partial charge in [0, 0.05) is 0 Å². The van der Waals surface area contributed by atoms with Gasteiger partial charge >= 0.3 is 0 Å². The van der Waals surface area contributed by atoms with Gasteiger partial charge < -0.3 is 9.47 Å². The van der Waals surface area contributed by atoms with E-state index in [-0.39, 0.29) is 16.5 Å². The smallest absolute Gasteiger partial charge is 0.264 e. The van der Waals surface area contributed by atoms with E-state index in [9.17, 15) is 8.42 Å². The van der Waals surface area contributed by atoms with E-state index in [4.69, 9.17) is 21.1 Å². The Kier molecular flexibility index (Phi) is 6.33. The van der Waals surface area contributed by atoms with Gasteiger partial charge in [0.05, 0.1) is 35.9 Å². The molecule has 134 valence electrons. The largest absolute Gasteiger partial charge is 0.495 e. The first-order chi connectivity index (χ1) is 12.0. The summed E-state index contributed by atoms with van der Waals surface area (Å²) in [7, 11) is -2.39. The summed E-state index contributed by atoms with van der Waals surface area (Å²) < 4.78 is 38.2. The second-order valence-corrected chi connectivity index (χ2v) is 7.29. The fraction of sp³-hybridized carbons (Fsp3) is 0.222. The topological polar surface area (TPSA) is 55.8 Å². The molecule has 0 atom stereocenters. The van der Waals surface area contributed by atoms with Crippen molar-refractivity contribution in [1.29, 1.82) is 0 Å². The lowest BCUT2D eigenvalue weighted by molar-refractivity contribution is 0.341. The maximum Gasteiger partial charge on any atom is 0.264 e. The van der Waals surface area contributed by atoms with Crippen molar-refractivity contribution in [3.8, 4) is 11.5 Å². The second kappa shape index (κ2) is 8.27. The molecule has 0 bridgehead atoms. The Hall–Kier alpha value is -2.18. The number of halogens is 1. The molecule has 2 aromatic carbocycles. The quantitative estimate of drug-likeness (QED) is 0.645. The second-order valence-electron chi connectivity index (χ2n) is 5.02. The Morgan fingerprint density at radius 2 is 1.92 bits per heavy atom. The van der Waals surface area contributed by atoms with Crippen LogP contribution in [0.4, 0.5) is 5.69 Å². The Labute approximate surface area is 153 Å². The number of para-hydroxylation sites is 2. The van der Waals surface area contributed by atoms with Crippen LogP contribution in [0.15, 0.2) is 60.0 Å². The lowest BCUT2D eigenvalue weighted by Gasteiger charge is -2.25. The number of benzene rings is 2. The maximum atomic E-state index is 13.2. The normalized spacial score (nSPS) is 11.0. The van der Waals surface area contributed by atoms with Crippen molar-refractivity contribution in [2.24, 2.45) is 0 Å². The molecule has 2 aromatic rings. The fourth-order valence-electron chi connectivity index (χ4n) is 2.32. The van der Waals surface area contributed by atoms with E-state index >= 15 is 0 Å². The zero-order valence-corrected chi connectivity index (χ0v) is 15.7. The molecule has 0 N–H and O–H groups in total. The summed E-state index contributed by atoms with van der Waals surface area (Å²) in [6, 6.07) is 11.3. The number of methoxy groups -OCH3 is 1. The van der Waals surface area contributed by atoms with Crippen molar-refractivity contribution in [2.75, 3.05) is 24.6 Å². The molecule has 0 spiro atoms. The predicted molar refractivity (Wildman–Crippen MR) is 100 cm³/mol. The first-order valence-corrected chi connectivity index (χ1v) is 9.46. The van der Waals surface area contributed by atoms with E-state index in [2.05, 4.69) is 6.58 Å². The highest BCUT2D eigenvalue weighted by Gasteiger charge is 2.27. The van der Waals surface area contributed by atoms with Crippen LogP contribution in [0.25, 0.3) is 0 Å². The van der Waals surface area contributed by atoms with E-state index < -0.39 is 10.0 Å². The van der Waals surface area contributed by atoms with E-state index in [1.807, 2.05) is 6.92 Å². The van der Waals surface area contributed by atoms with Crippen molar-refractivity contribution in [3.05, 3.63) is 60.1 Å². The molecule has 0 aliphatic carbocycles. The third-order valence-electron chi connectivity index (χ3n) is 3.44. The van der Waals surface area contributed by atoms with Gasteiger partial charge in [0.15, 0.2) is 0 Å². The Morgan fingerprint density at radius 1 is 1.20 bits per heavy atom. The lowest BCUT2D eigenvalue weighted by atomic mass is 10.3. The molecule has 0 saturated heterocycles. The highest BCUT2D eigenvalue weighted by atomic mass is 35.5. The summed E-state index contributed by atoms with van der Waals surface area (Å²) in [6.45, 7) is 6.02. The molecule has 0 heterocycles. The van der Waals surface area contributed by atoms with Crippen LogP contribution < -0.4 is 13.8 Å². The summed E-state index contributed by atoms with van der Waals surface area (Å²) in [4.78, 5) is 0.0615. The number of anilines is 1.